The van der Waals surface area contributed by atoms with Gasteiger partial charge >= 0.3 is 0 Å². The van der Waals surface area contributed by atoms with E-state index in [1.54, 1.807) is 0 Å². The molecule has 0 unspecified atom stereocenters. The van der Waals surface area contributed by atoms with Crippen molar-refractivity contribution in [2.24, 2.45) is 0 Å². The number of para-hydroxylation sites is 2. The minimum Gasteiger partial charge on any atom is -0.490 e. The van der Waals surface area contributed by atoms with Crippen molar-refractivity contribution in [3.63, 3.8) is 0 Å². The average Bonchev–Trinajstić information content (AvgIpc) is 1.59. The van der Waals surface area contributed by atoms with Crippen molar-refractivity contribution in [1.29, 1.82) is 0 Å². The summed E-state index contributed by atoms with van der Waals surface area (Å²) in [6.45, 7) is 20.1. The van der Waals surface area contributed by atoms with Crippen molar-refractivity contribution in [1.82, 2.24) is 39.9 Å². The summed E-state index contributed by atoms with van der Waals surface area (Å²) in [6, 6.07) is 23.6. The summed E-state index contributed by atoms with van der Waals surface area (Å²) < 4.78 is 90.0. The molecular weight excluding hydrogens is 1370 g/mol. The number of H-pyrrole nitrogens is 2. The van der Waals surface area contributed by atoms with Gasteiger partial charge in [0.15, 0.2) is 80.8 Å². The van der Waals surface area contributed by atoms with E-state index in [9.17, 15) is 0 Å². The Hall–Kier alpha value is -8.70. The summed E-state index contributed by atoms with van der Waals surface area (Å²) in [5.74, 6) is 7.39. The summed E-state index contributed by atoms with van der Waals surface area (Å²) in [5.41, 5.74) is 4.65. The summed E-state index contributed by atoms with van der Waals surface area (Å²) in [7, 11) is 0. The highest BCUT2D eigenvalue weighted by Crippen LogP contribution is 2.47. The molecule has 22 heteroatoms. The van der Waals surface area contributed by atoms with Crippen molar-refractivity contribution < 1.29 is 66.3 Å². The molecule has 22 nitrogen and oxygen atoms in total. The third kappa shape index (κ3) is 22.9. The number of aromatic amines is 2. The third-order valence-corrected chi connectivity index (χ3v) is 19.2. The minimum atomic E-state index is 0.185. The Balaban J connectivity index is 1.11. The second-order valence-electron chi connectivity index (χ2n) is 27.7. The Morgan fingerprint density at radius 2 is 0.491 bits per heavy atom. The van der Waals surface area contributed by atoms with Gasteiger partial charge in [0.2, 0.25) is 0 Å². The van der Waals surface area contributed by atoms with Crippen LogP contribution in [0, 0.1) is 0 Å². The van der Waals surface area contributed by atoms with Gasteiger partial charge in [-0.25, -0.2) is 29.9 Å². The van der Waals surface area contributed by atoms with E-state index in [0.717, 1.165) is 187 Å². The topological polar surface area (TPSA) is 238 Å². The number of fused-ring (bicyclic) bond motifs is 22. The molecule has 2 N–H and O–H groups in total. The number of hydrogen-bond acceptors (Lipinski definition) is 20. The molecule has 0 aliphatic carbocycles. The van der Waals surface area contributed by atoms with Gasteiger partial charge < -0.3 is 76.3 Å². The van der Waals surface area contributed by atoms with E-state index in [1.807, 2.05) is 72.8 Å². The van der Waals surface area contributed by atoms with Crippen LogP contribution in [0.1, 0.15) is 196 Å². The SMILES string of the molecule is CCCCCCOc1cc2c(cc1OCCCCCC)-c1nc-2nc2[nH]c(nc3nc(nc4[nH]c(n1)c1cc(OCCCCCC)c(OCCCCCC)cc41)-c1cc4c(cc1-3)OCCOCCOCCOc1ccccc1OCCOCCOCCO4)c1cc(OCCCCCC)c(OCCCCCC)cc21. The fourth-order valence-electron chi connectivity index (χ4n) is 13.2. The zero-order valence-corrected chi connectivity index (χ0v) is 65.0. The van der Waals surface area contributed by atoms with Crippen LogP contribution in [0.2, 0.25) is 0 Å². The number of unbranched alkanes of at least 4 members (excludes halogenated alkanes) is 18. The van der Waals surface area contributed by atoms with Crippen LogP contribution in [0.5, 0.6) is 57.5 Å². The zero-order valence-electron chi connectivity index (χ0n) is 65.0. The number of hydrogen-bond donors (Lipinski definition) is 2. The number of nitrogens with one attached hydrogen (secondary N) is 2. The lowest BCUT2D eigenvalue weighted by molar-refractivity contribution is 0.0223. The molecule has 6 heterocycles. The van der Waals surface area contributed by atoms with E-state index in [2.05, 4.69) is 51.5 Å². The van der Waals surface area contributed by atoms with Gasteiger partial charge in [-0.2, -0.15) is 0 Å². The molecule has 584 valence electrons. The summed E-state index contributed by atoms with van der Waals surface area (Å²) in [5, 5.41) is 2.93. The molecule has 5 aromatic carbocycles. The van der Waals surface area contributed by atoms with Gasteiger partial charge in [0, 0.05) is 43.8 Å². The van der Waals surface area contributed by atoms with E-state index in [-0.39, 0.29) is 26.4 Å². The Labute approximate surface area is 637 Å². The molecule has 0 atom stereocenters. The van der Waals surface area contributed by atoms with Crippen molar-refractivity contribution in [3.05, 3.63) is 72.8 Å². The number of rotatable bonds is 36. The summed E-state index contributed by atoms with van der Waals surface area (Å²) >= 11 is 0. The smallest absolute Gasteiger partial charge is 0.164 e. The van der Waals surface area contributed by atoms with Gasteiger partial charge in [0.25, 0.3) is 0 Å². The quantitative estimate of drug-likeness (QED) is 0.0347. The van der Waals surface area contributed by atoms with Gasteiger partial charge in [0.05, 0.1) is 92.5 Å². The molecule has 0 saturated carbocycles. The van der Waals surface area contributed by atoms with Crippen LogP contribution in [0.3, 0.4) is 0 Å². The number of nitrogens with zero attached hydrogens (tertiary/aromatic N) is 6. The fourth-order valence-corrected chi connectivity index (χ4v) is 13.2. The first-order valence-corrected chi connectivity index (χ1v) is 40.6. The minimum absolute atomic E-state index is 0.185. The maximum absolute atomic E-state index is 6.77. The van der Waals surface area contributed by atoms with E-state index < -0.39 is 0 Å². The molecular formula is C86H116N8O14. The molecule has 0 amide bonds. The van der Waals surface area contributed by atoms with Crippen LogP contribution in [-0.4, -0.2) is 159 Å². The van der Waals surface area contributed by atoms with Crippen molar-refractivity contribution in [2.75, 3.05) is 119 Å². The third-order valence-electron chi connectivity index (χ3n) is 19.2. The molecule has 108 heavy (non-hydrogen) atoms. The second-order valence-corrected chi connectivity index (χ2v) is 27.7. The molecule has 8 bridgehead atoms. The zero-order chi connectivity index (χ0) is 74.8. The van der Waals surface area contributed by atoms with Crippen LogP contribution in [-0.2, 0) is 18.9 Å². The van der Waals surface area contributed by atoms with Crippen molar-refractivity contribution in [2.45, 2.75) is 196 Å². The van der Waals surface area contributed by atoms with E-state index in [0.29, 0.717) is 207 Å². The van der Waals surface area contributed by atoms with Crippen LogP contribution < -0.4 is 47.4 Å². The van der Waals surface area contributed by atoms with Gasteiger partial charge in [-0.15, -0.1) is 0 Å². The van der Waals surface area contributed by atoms with Crippen molar-refractivity contribution >= 4 is 44.1 Å². The highest BCUT2D eigenvalue weighted by atomic mass is 16.6. The van der Waals surface area contributed by atoms with E-state index >= 15 is 0 Å². The molecule has 8 aromatic rings. The average molecular weight is 1490 g/mol. The molecule has 3 aromatic heterocycles. The fraction of sp³-hybridized carbons (Fsp3) is 0.558. The summed E-state index contributed by atoms with van der Waals surface area (Å²) in [4.78, 5) is 40.6. The number of ether oxygens (including phenoxy) is 14. The molecule has 3 aliphatic rings. The largest absolute Gasteiger partial charge is 0.490 e. The Morgan fingerprint density at radius 3 is 0.750 bits per heavy atom. The lowest BCUT2D eigenvalue weighted by atomic mass is 10.1. The number of benzene rings is 5. The van der Waals surface area contributed by atoms with E-state index in [4.69, 9.17) is 96.2 Å². The Morgan fingerprint density at radius 1 is 0.259 bits per heavy atom. The lowest BCUT2D eigenvalue weighted by Crippen LogP contribution is -2.15. The monoisotopic (exact) mass is 1480 g/mol. The molecule has 11 rings (SSSR count). The van der Waals surface area contributed by atoms with Gasteiger partial charge in [-0.3, -0.25) is 0 Å². The highest BCUT2D eigenvalue weighted by molar-refractivity contribution is 6.08. The van der Waals surface area contributed by atoms with Crippen LogP contribution in [0.15, 0.2) is 72.8 Å². The first-order chi connectivity index (χ1) is 53.4. The molecule has 0 fully saturated rings. The normalized spacial score (nSPS) is 13.9. The second kappa shape index (κ2) is 44.1. The van der Waals surface area contributed by atoms with Crippen LogP contribution in [0.4, 0.5) is 0 Å². The van der Waals surface area contributed by atoms with Gasteiger partial charge in [-0.05, 0) is 99.2 Å². The van der Waals surface area contributed by atoms with Gasteiger partial charge in [-0.1, -0.05) is 169 Å². The molecule has 0 spiro atoms. The van der Waals surface area contributed by atoms with Crippen LogP contribution in [0.25, 0.3) is 89.7 Å². The van der Waals surface area contributed by atoms with E-state index in [1.165, 1.54) is 0 Å². The predicted octanol–water partition coefficient (Wildman–Crippen LogP) is 19.9. The van der Waals surface area contributed by atoms with Gasteiger partial charge in [0.1, 0.15) is 49.0 Å². The van der Waals surface area contributed by atoms with Crippen LogP contribution >= 0.6 is 0 Å². The standard InChI is InChI=1S/C86H116N8O14/c1-7-13-19-27-35-99-71-53-61-62(54-72(71)100-36-28-20-14-8-2)80-87-79(61)88-81-63-55-73(101-37-29-21-15-9-3)75(103-39-31-23-17-11-5)57-65(63)83(90-81)92-85-67-59-77-78(108-52-48-98-44-42-96-46-50-106-70-34-26-25-33-69(70)105-49-45-95-41-43-97-47-51-107-77)60-68(67)86(94-85)93-84-66-58-76(104-40-32-24-18-12-6)74(102-38-30-22-16-10-4)56-64(66)82(89-80)91-84/h25-26,33-34,53-60H,7-24,27-32,35-52H2,1-6H3,(H2,87,88,89,90,91,92,93,94). The highest BCUT2D eigenvalue weighted by Gasteiger charge is 2.29. The maximum Gasteiger partial charge on any atom is 0.164 e. The summed E-state index contributed by atoms with van der Waals surface area (Å²) in [6.07, 6.45) is 25.1. The lowest BCUT2D eigenvalue weighted by Gasteiger charge is -2.15. The maximum atomic E-state index is 6.77. The molecule has 3 aliphatic heterocycles. The Kier molecular flexibility index (Phi) is 32.8. The first-order valence-electron chi connectivity index (χ1n) is 40.6. The molecule has 0 saturated heterocycles. The Bertz CT molecular complexity index is 4000. The molecule has 0 radical (unpaired) electrons. The number of aromatic nitrogens is 8. The first kappa shape index (κ1) is 80.3. The van der Waals surface area contributed by atoms with Crippen molar-refractivity contribution in [3.8, 4) is 103 Å². The predicted molar refractivity (Wildman–Crippen MR) is 426 cm³/mol.